The quantitative estimate of drug-likeness (QED) is 0.381. The highest BCUT2D eigenvalue weighted by Gasteiger charge is 2.29. The van der Waals surface area contributed by atoms with E-state index in [1.54, 1.807) is 11.6 Å². The summed E-state index contributed by atoms with van der Waals surface area (Å²) in [7, 11) is -6.23. The monoisotopic (exact) mass is 428 g/mol. The van der Waals surface area contributed by atoms with Gasteiger partial charge < -0.3 is 9.13 Å². The molecule has 4 heteroatoms. The molecule has 4 rings (SSSR count). The van der Waals surface area contributed by atoms with E-state index in [4.69, 9.17) is 0 Å². The van der Waals surface area contributed by atoms with Gasteiger partial charge in [0.05, 0.1) is 0 Å². The molecule has 148 valence electrons. The van der Waals surface area contributed by atoms with E-state index in [9.17, 15) is 9.13 Å². The van der Waals surface area contributed by atoms with Crippen molar-refractivity contribution in [2.75, 3.05) is 0 Å². The minimum Gasteiger partial charge on any atom is -0.309 e. The van der Waals surface area contributed by atoms with E-state index in [1.165, 1.54) is 0 Å². The summed E-state index contributed by atoms with van der Waals surface area (Å²) in [5.74, 6) is 3.36. The topological polar surface area (TPSA) is 34.1 Å². The van der Waals surface area contributed by atoms with Crippen LogP contribution in [0, 0.1) is 0 Å². The van der Waals surface area contributed by atoms with Gasteiger partial charge in [-0.3, -0.25) is 0 Å². The van der Waals surface area contributed by atoms with Crippen LogP contribution in [0.2, 0.25) is 0 Å². The first-order valence-electron chi connectivity index (χ1n) is 9.75. The molecule has 0 aliphatic carbocycles. The predicted molar refractivity (Wildman–Crippen MR) is 129 cm³/mol. The average molecular weight is 428 g/mol. The van der Waals surface area contributed by atoms with E-state index in [1.807, 2.05) is 121 Å². The van der Waals surface area contributed by atoms with Crippen molar-refractivity contribution in [1.29, 1.82) is 0 Å². The lowest BCUT2D eigenvalue weighted by Crippen LogP contribution is -2.16. The van der Waals surface area contributed by atoms with Crippen LogP contribution in [0.3, 0.4) is 0 Å². The second kappa shape index (κ2) is 8.84. The van der Waals surface area contributed by atoms with Gasteiger partial charge in [-0.05, 0) is 11.6 Å². The Bertz CT molecular complexity index is 1030. The lowest BCUT2D eigenvalue weighted by atomic mass is 10.4. The molecule has 0 aliphatic heterocycles. The summed E-state index contributed by atoms with van der Waals surface area (Å²) in [6, 6.07) is 37.6. The summed E-state index contributed by atoms with van der Waals surface area (Å²) in [5.41, 5.74) is 0. The zero-order chi connectivity index (χ0) is 20.9. The van der Waals surface area contributed by atoms with E-state index in [0.717, 1.165) is 21.2 Å². The third-order valence-electron chi connectivity index (χ3n) is 5.05. The maximum atomic E-state index is 14.3. The highest BCUT2D eigenvalue weighted by molar-refractivity contribution is 7.84. The Morgan fingerprint density at radius 1 is 0.367 bits per heavy atom. The molecule has 0 N–H and O–H groups in total. The second-order valence-electron chi connectivity index (χ2n) is 6.96. The molecule has 0 saturated heterocycles. The first-order valence-corrected chi connectivity index (χ1v) is 13.3. The third kappa shape index (κ3) is 4.03. The van der Waals surface area contributed by atoms with Crippen LogP contribution in [0.4, 0.5) is 0 Å². The molecule has 30 heavy (non-hydrogen) atoms. The van der Waals surface area contributed by atoms with Gasteiger partial charge in [0.2, 0.25) is 0 Å². The zero-order valence-corrected chi connectivity index (χ0v) is 18.2. The highest BCUT2D eigenvalue weighted by Crippen LogP contribution is 2.52. The molecule has 4 aromatic carbocycles. The molecule has 0 bridgehead atoms. The van der Waals surface area contributed by atoms with Crippen molar-refractivity contribution in [3.05, 3.63) is 133 Å². The van der Waals surface area contributed by atoms with E-state index in [-0.39, 0.29) is 0 Å². The number of rotatable bonds is 6. The van der Waals surface area contributed by atoms with Gasteiger partial charge in [0.15, 0.2) is 14.3 Å². The van der Waals surface area contributed by atoms with Crippen LogP contribution in [0.25, 0.3) is 0 Å². The van der Waals surface area contributed by atoms with Gasteiger partial charge in [-0.15, -0.1) is 0 Å². The van der Waals surface area contributed by atoms with Crippen LogP contribution >= 0.6 is 14.3 Å². The van der Waals surface area contributed by atoms with E-state index >= 15 is 0 Å². The van der Waals surface area contributed by atoms with Crippen molar-refractivity contribution < 1.29 is 9.13 Å². The molecule has 0 amide bonds. The molecule has 0 aromatic heterocycles. The van der Waals surface area contributed by atoms with Gasteiger partial charge in [-0.2, -0.15) is 0 Å². The second-order valence-corrected chi connectivity index (χ2v) is 12.3. The Kier molecular flexibility index (Phi) is 6.00. The fourth-order valence-corrected chi connectivity index (χ4v) is 8.68. The molecule has 0 aliphatic rings. The lowest BCUT2D eigenvalue weighted by molar-refractivity contribution is 0.590. The molecule has 0 saturated carbocycles. The van der Waals surface area contributed by atoms with Crippen molar-refractivity contribution in [1.82, 2.24) is 0 Å². The van der Waals surface area contributed by atoms with E-state index in [0.29, 0.717) is 0 Å². The zero-order valence-electron chi connectivity index (χ0n) is 16.4. The summed E-state index contributed by atoms with van der Waals surface area (Å²) in [4.78, 5) is 0. The maximum absolute atomic E-state index is 14.3. The Morgan fingerprint density at radius 2 is 0.567 bits per heavy atom. The van der Waals surface area contributed by atoms with Crippen LogP contribution < -0.4 is 21.2 Å². The lowest BCUT2D eigenvalue weighted by Gasteiger charge is -2.19. The molecular formula is C26H22O2P2. The fraction of sp³-hybridized carbons (Fsp3) is 0. The molecular weight excluding hydrogens is 406 g/mol. The Hall–Kier alpha value is -2.92. The molecule has 0 radical (unpaired) electrons. The van der Waals surface area contributed by atoms with Crippen LogP contribution in [0.5, 0.6) is 0 Å². The van der Waals surface area contributed by atoms with Gasteiger partial charge in [0.25, 0.3) is 0 Å². The molecule has 0 atom stereocenters. The summed E-state index contributed by atoms with van der Waals surface area (Å²) in [5, 5.41) is 2.89. The molecule has 4 aromatic rings. The Balaban J connectivity index is 1.90. The van der Waals surface area contributed by atoms with Crippen LogP contribution in [0.1, 0.15) is 0 Å². The van der Waals surface area contributed by atoms with Gasteiger partial charge in [-0.25, -0.2) is 0 Å². The fourth-order valence-electron chi connectivity index (χ4n) is 3.43. The highest BCUT2D eigenvalue weighted by atomic mass is 31.2. The smallest absolute Gasteiger partial charge is 0.164 e. The summed E-state index contributed by atoms with van der Waals surface area (Å²) in [6.45, 7) is 0. The van der Waals surface area contributed by atoms with Crippen molar-refractivity contribution >= 4 is 35.5 Å². The van der Waals surface area contributed by atoms with Crippen molar-refractivity contribution in [2.24, 2.45) is 0 Å². The summed E-state index contributed by atoms with van der Waals surface area (Å²) in [6.07, 6.45) is 0. The molecule has 0 fully saturated rings. The van der Waals surface area contributed by atoms with Gasteiger partial charge in [-0.1, -0.05) is 121 Å². The molecule has 0 heterocycles. The maximum Gasteiger partial charge on any atom is 0.164 e. The minimum absolute atomic E-state index is 0.722. The van der Waals surface area contributed by atoms with E-state index < -0.39 is 14.3 Å². The van der Waals surface area contributed by atoms with Gasteiger partial charge in [0.1, 0.15) is 0 Å². The average Bonchev–Trinajstić information content (AvgIpc) is 2.84. The molecule has 0 spiro atoms. The standard InChI is InChI=1S/C26H22O2P2/c27-29(23-13-5-1-6-14-23,24-15-7-2-8-16-24)21-22-30(28,25-17-9-3-10-18-25)26-19-11-4-12-20-26/h1-22H/b22-21-. The number of benzene rings is 4. The number of hydrogen-bond acceptors (Lipinski definition) is 2. The van der Waals surface area contributed by atoms with Crippen molar-refractivity contribution in [2.45, 2.75) is 0 Å². The third-order valence-corrected chi connectivity index (χ3v) is 10.7. The van der Waals surface area contributed by atoms with E-state index in [2.05, 4.69) is 0 Å². The summed E-state index contributed by atoms with van der Waals surface area (Å²) < 4.78 is 28.6. The largest absolute Gasteiger partial charge is 0.309 e. The number of hydrogen-bond donors (Lipinski definition) is 0. The van der Waals surface area contributed by atoms with Crippen molar-refractivity contribution in [3.8, 4) is 0 Å². The predicted octanol–water partition coefficient (Wildman–Crippen LogP) is 5.49. The normalized spacial score (nSPS) is 12.1. The Morgan fingerprint density at radius 3 is 0.767 bits per heavy atom. The SMILES string of the molecule is O=P(/C=C\P(=O)(c1ccccc1)c1ccccc1)(c1ccccc1)c1ccccc1. The van der Waals surface area contributed by atoms with Crippen LogP contribution in [-0.4, -0.2) is 0 Å². The summed E-state index contributed by atoms with van der Waals surface area (Å²) >= 11 is 0. The first kappa shape index (κ1) is 20.4. The van der Waals surface area contributed by atoms with Gasteiger partial charge >= 0.3 is 0 Å². The first-order chi connectivity index (χ1) is 14.6. The molecule has 2 nitrogen and oxygen atoms in total. The van der Waals surface area contributed by atoms with Crippen LogP contribution in [0.15, 0.2) is 133 Å². The minimum atomic E-state index is -3.11. The van der Waals surface area contributed by atoms with Gasteiger partial charge in [0, 0.05) is 21.2 Å². The Labute approximate surface area is 177 Å². The molecule has 0 unspecified atom stereocenters. The van der Waals surface area contributed by atoms with Crippen molar-refractivity contribution in [3.63, 3.8) is 0 Å². The van der Waals surface area contributed by atoms with Crippen LogP contribution in [-0.2, 0) is 9.13 Å².